The van der Waals surface area contributed by atoms with Gasteiger partial charge in [-0.2, -0.15) is 8.42 Å². The standard InChI is InChI=1S/C28H32N4O4S/c1-5-20-9-11-21(12-10-20)23-14-13-22(27(33)32-37(34,35)25-8-6-7-24(29)31-25)28(30-23)36-26-18(3)15-17(2)16-19(26)4/h6-8,11,13-16,20H,5,9-10,12H2,1-4H3,(H2,29,31)(H,32,33). The smallest absolute Gasteiger partial charge is 0.281 e. The highest BCUT2D eigenvalue weighted by atomic mass is 32.2. The topological polar surface area (TPSA) is 124 Å². The van der Waals surface area contributed by atoms with Crippen LogP contribution in [0.4, 0.5) is 5.82 Å². The number of rotatable bonds is 7. The average Bonchev–Trinajstić information content (AvgIpc) is 2.86. The maximum absolute atomic E-state index is 13.2. The second kappa shape index (κ2) is 10.7. The van der Waals surface area contributed by atoms with E-state index in [1.54, 1.807) is 12.1 Å². The Labute approximate surface area is 218 Å². The van der Waals surface area contributed by atoms with Gasteiger partial charge in [-0.15, -0.1) is 0 Å². The number of sulfonamides is 1. The Kier molecular flexibility index (Phi) is 7.63. The number of benzene rings is 1. The van der Waals surface area contributed by atoms with Crippen LogP contribution in [-0.4, -0.2) is 24.3 Å². The van der Waals surface area contributed by atoms with Crippen molar-refractivity contribution in [2.24, 2.45) is 5.92 Å². The molecule has 1 unspecified atom stereocenters. The van der Waals surface area contributed by atoms with Crippen LogP contribution in [0.25, 0.3) is 5.57 Å². The minimum atomic E-state index is -4.27. The molecule has 37 heavy (non-hydrogen) atoms. The summed E-state index contributed by atoms with van der Waals surface area (Å²) in [7, 11) is -4.27. The second-order valence-electron chi connectivity index (χ2n) is 9.49. The maximum atomic E-state index is 13.2. The number of hydrogen-bond acceptors (Lipinski definition) is 7. The molecule has 194 valence electrons. The van der Waals surface area contributed by atoms with Crippen LogP contribution in [0.2, 0.25) is 0 Å². The Morgan fingerprint density at radius 2 is 1.84 bits per heavy atom. The first-order chi connectivity index (χ1) is 17.6. The predicted octanol–water partition coefficient (Wildman–Crippen LogP) is 5.49. The SMILES string of the molecule is CCC1CC=C(c2ccc(C(=O)NS(=O)(=O)c3cccc(N)n3)c(Oc3c(C)cc(C)cc3C)n2)CC1. The number of anilines is 1. The summed E-state index contributed by atoms with van der Waals surface area (Å²) in [6.07, 6.45) is 6.26. The monoisotopic (exact) mass is 520 g/mol. The molecule has 1 aliphatic rings. The first-order valence-corrected chi connectivity index (χ1v) is 13.8. The first kappa shape index (κ1) is 26.3. The van der Waals surface area contributed by atoms with Gasteiger partial charge in [0.25, 0.3) is 15.9 Å². The van der Waals surface area contributed by atoms with Crippen molar-refractivity contribution in [1.82, 2.24) is 14.7 Å². The predicted molar refractivity (Wildman–Crippen MR) is 144 cm³/mol. The summed E-state index contributed by atoms with van der Waals surface area (Å²) in [5.74, 6) is 0.437. The Balaban J connectivity index is 1.73. The lowest BCUT2D eigenvalue weighted by Gasteiger charge is -2.21. The molecule has 0 radical (unpaired) electrons. The number of amides is 1. The van der Waals surface area contributed by atoms with Crippen molar-refractivity contribution in [2.45, 2.75) is 58.4 Å². The van der Waals surface area contributed by atoms with Gasteiger partial charge in [-0.3, -0.25) is 4.79 Å². The lowest BCUT2D eigenvalue weighted by Crippen LogP contribution is -2.31. The van der Waals surface area contributed by atoms with Gasteiger partial charge in [0.15, 0.2) is 5.03 Å². The molecule has 8 nitrogen and oxygen atoms in total. The van der Waals surface area contributed by atoms with Gasteiger partial charge in [-0.25, -0.2) is 14.7 Å². The van der Waals surface area contributed by atoms with Crippen LogP contribution in [-0.2, 0) is 10.0 Å². The van der Waals surface area contributed by atoms with E-state index in [-0.39, 0.29) is 22.3 Å². The third-order valence-electron chi connectivity index (χ3n) is 6.58. The molecule has 4 rings (SSSR count). The summed E-state index contributed by atoms with van der Waals surface area (Å²) in [5.41, 5.74) is 10.3. The quantitative estimate of drug-likeness (QED) is 0.422. The van der Waals surface area contributed by atoms with Crippen LogP contribution in [0.5, 0.6) is 11.6 Å². The lowest BCUT2D eigenvalue weighted by atomic mass is 9.86. The molecule has 0 aliphatic heterocycles. The summed E-state index contributed by atoms with van der Waals surface area (Å²) >= 11 is 0. The third-order valence-corrected chi connectivity index (χ3v) is 7.81. The van der Waals surface area contributed by atoms with Gasteiger partial charge in [-0.05, 0) is 86.9 Å². The Bertz CT molecular complexity index is 1460. The van der Waals surface area contributed by atoms with E-state index >= 15 is 0 Å². The number of carbonyl (C=O) groups excluding carboxylic acids is 1. The highest BCUT2D eigenvalue weighted by Gasteiger charge is 2.25. The van der Waals surface area contributed by atoms with Crippen molar-refractivity contribution in [3.63, 3.8) is 0 Å². The minimum Gasteiger partial charge on any atom is -0.438 e. The van der Waals surface area contributed by atoms with Crippen molar-refractivity contribution in [2.75, 3.05) is 5.73 Å². The van der Waals surface area contributed by atoms with E-state index in [4.69, 9.17) is 15.5 Å². The fraction of sp³-hybridized carbons (Fsp3) is 0.321. The van der Waals surface area contributed by atoms with Crippen molar-refractivity contribution < 1.29 is 17.9 Å². The Morgan fingerprint density at radius 3 is 2.46 bits per heavy atom. The molecular formula is C28H32N4O4S. The molecule has 1 aliphatic carbocycles. The number of allylic oxidation sites excluding steroid dienone is 2. The maximum Gasteiger partial charge on any atom is 0.281 e. The van der Waals surface area contributed by atoms with Crippen LogP contribution in [0.1, 0.15) is 65.3 Å². The van der Waals surface area contributed by atoms with Crippen LogP contribution in [0, 0.1) is 26.7 Å². The zero-order valence-corrected chi connectivity index (χ0v) is 22.4. The third kappa shape index (κ3) is 5.99. The molecule has 1 atom stereocenters. The van der Waals surface area contributed by atoms with E-state index in [0.29, 0.717) is 17.4 Å². The fourth-order valence-electron chi connectivity index (χ4n) is 4.60. The number of nitrogens with two attached hydrogens (primary N) is 1. The number of nitrogens with zero attached hydrogens (tertiary/aromatic N) is 2. The minimum absolute atomic E-state index is 0.00144. The van der Waals surface area contributed by atoms with Crippen LogP contribution in [0.3, 0.4) is 0 Å². The number of aromatic nitrogens is 2. The van der Waals surface area contributed by atoms with Gasteiger partial charge in [0.1, 0.15) is 17.1 Å². The lowest BCUT2D eigenvalue weighted by molar-refractivity contribution is 0.0978. The molecule has 9 heteroatoms. The molecule has 2 heterocycles. The number of carbonyl (C=O) groups is 1. The number of aryl methyl sites for hydroxylation is 3. The van der Waals surface area contributed by atoms with Gasteiger partial charge in [-0.1, -0.05) is 43.2 Å². The van der Waals surface area contributed by atoms with E-state index < -0.39 is 15.9 Å². The number of nitrogen functional groups attached to an aromatic ring is 1. The molecule has 0 saturated carbocycles. The fourth-order valence-corrected chi connectivity index (χ4v) is 5.54. The molecule has 0 bridgehead atoms. The van der Waals surface area contributed by atoms with Crippen LogP contribution < -0.4 is 15.2 Å². The van der Waals surface area contributed by atoms with E-state index in [2.05, 4.69) is 22.7 Å². The normalized spacial score (nSPS) is 15.7. The molecule has 1 aromatic carbocycles. The zero-order chi connectivity index (χ0) is 26.7. The van der Waals surface area contributed by atoms with Crippen molar-refractivity contribution >= 4 is 27.3 Å². The molecule has 0 spiro atoms. The Morgan fingerprint density at radius 1 is 1.11 bits per heavy atom. The molecule has 0 saturated heterocycles. The highest BCUT2D eigenvalue weighted by molar-refractivity contribution is 7.90. The van der Waals surface area contributed by atoms with Gasteiger partial charge >= 0.3 is 0 Å². The molecular weight excluding hydrogens is 488 g/mol. The van der Waals surface area contributed by atoms with Gasteiger partial charge in [0.2, 0.25) is 5.88 Å². The van der Waals surface area contributed by atoms with Crippen molar-refractivity contribution in [3.05, 3.63) is 76.5 Å². The first-order valence-electron chi connectivity index (χ1n) is 12.3. The van der Waals surface area contributed by atoms with E-state index in [1.807, 2.05) is 32.9 Å². The average molecular weight is 521 g/mol. The molecule has 1 amide bonds. The van der Waals surface area contributed by atoms with Crippen molar-refractivity contribution in [3.8, 4) is 11.6 Å². The molecule has 0 fully saturated rings. The van der Waals surface area contributed by atoms with Gasteiger partial charge in [0, 0.05) is 0 Å². The molecule has 3 aromatic rings. The highest BCUT2D eigenvalue weighted by Crippen LogP contribution is 2.35. The largest absolute Gasteiger partial charge is 0.438 e. The number of pyridine rings is 2. The summed E-state index contributed by atoms with van der Waals surface area (Å²) in [6, 6.07) is 11.4. The number of nitrogens with one attached hydrogen (secondary N) is 1. The van der Waals surface area contributed by atoms with Crippen LogP contribution in [0.15, 0.2) is 53.6 Å². The van der Waals surface area contributed by atoms with Gasteiger partial charge < -0.3 is 10.5 Å². The van der Waals surface area contributed by atoms with Crippen LogP contribution >= 0.6 is 0 Å². The number of hydrogen-bond donors (Lipinski definition) is 2. The molecule has 2 aromatic heterocycles. The summed E-state index contributed by atoms with van der Waals surface area (Å²) in [5, 5.41) is -0.351. The zero-order valence-electron chi connectivity index (χ0n) is 21.5. The van der Waals surface area contributed by atoms with Crippen molar-refractivity contribution in [1.29, 1.82) is 0 Å². The van der Waals surface area contributed by atoms with E-state index in [9.17, 15) is 13.2 Å². The van der Waals surface area contributed by atoms with E-state index in [1.165, 1.54) is 18.2 Å². The summed E-state index contributed by atoms with van der Waals surface area (Å²) in [4.78, 5) is 21.8. The summed E-state index contributed by atoms with van der Waals surface area (Å²) < 4.78 is 34.0. The van der Waals surface area contributed by atoms with E-state index in [0.717, 1.165) is 47.9 Å². The van der Waals surface area contributed by atoms with Gasteiger partial charge in [0.05, 0.1) is 5.69 Å². The molecule has 3 N–H and O–H groups in total. The summed E-state index contributed by atoms with van der Waals surface area (Å²) in [6.45, 7) is 8.03. The number of ether oxygens (including phenoxy) is 1. The Hall–Kier alpha value is -3.72. The second-order valence-corrected chi connectivity index (χ2v) is 11.1.